The first-order valence-corrected chi connectivity index (χ1v) is 7.92. The van der Waals surface area contributed by atoms with Crippen molar-refractivity contribution in [2.75, 3.05) is 26.7 Å². The van der Waals surface area contributed by atoms with Gasteiger partial charge in [0.2, 0.25) is 0 Å². The molecule has 3 unspecified atom stereocenters. The van der Waals surface area contributed by atoms with E-state index in [2.05, 4.69) is 38.0 Å². The summed E-state index contributed by atoms with van der Waals surface area (Å²) in [7, 11) is 2.16. The van der Waals surface area contributed by atoms with Gasteiger partial charge in [0.05, 0.1) is 0 Å². The lowest BCUT2D eigenvalue weighted by atomic mass is 9.67. The minimum atomic E-state index is 0.471. The molecule has 0 radical (unpaired) electrons. The quantitative estimate of drug-likeness (QED) is 0.830. The Morgan fingerprint density at radius 2 is 2.00 bits per heavy atom. The van der Waals surface area contributed by atoms with Crippen molar-refractivity contribution in [1.29, 1.82) is 0 Å². The van der Waals surface area contributed by atoms with Gasteiger partial charge in [-0.15, -0.1) is 0 Å². The van der Waals surface area contributed by atoms with Crippen LogP contribution in [0.4, 0.5) is 0 Å². The van der Waals surface area contributed by atoms with Gasteiger partial charge < -0.3 is 10.2 Å². The Kier molecular flexibility index (Phi) is 4.71. The van der Waals surface area contributed by atoms with Gasteiger partial charge in [0.15, 0.2) is 0 Å². The predicted octanol–water partition coefficient (Wildman–Crippen LogP) is 3.13. The summed E-state index contributed by atoms with van der Waals surface area (Å²) in [6.07, 6.45) is 7.05. The second-order valence-corrected chi connectivity index (χ2v) is 7.41. The Hall–Kier alpha value is -0.0800. The fourth-order valence-corrected chi connectivity index (χ4v) is 4.39. The van der Waals surface area contributed by atoms with E-state index in [1.54, 1.807) is 0 Å². The molecule has 1 saturated heterocycles. The summed E-state index contributed by atoms with van der Waals surface area (Å²) in [5, 5.41) is 3.62. The van der Waals surface area contributed by atoms with Crippen LogP contribution in [0.1, 0.15) is 52.9 Å². The number of nitrogens with one attached hydrogen (secondary N) is 1. The predicted molar refractivity (Wildman–Crippen MR) is 78.8 cm³/mol. The molecule has 2 aliphatic rings. The van der Waals surface area contributed by atoms with Gasteiger partial charge in [-0.3, -0.25) is 0 Å². The molecule has 1 heterocycles. The average molecular weight is 252 g/mol. The van der Waals surface area contributed by atoms with Crippen LogP contribution in [0.3, 0.4) is 0 Å². The molecule has 0 aromatic heterocycles. The van der Waals surface area contributed by atoms with Crippen LogP contribution in [0.25, 0.3) is 0 Å². The van der Waals surface area contributed by atoms with E-state index in [0.29, 0.717) is 11.5 Å². The standard InChI is InChI=1S/C16H32N2/c1-13-7-6-10-18(11-13)12-14-8-5-9-16(2,3)15(14)17-4/h13-15,17H,5-12H2,1-4H3. The molecule has 2 fully saturated rings. The van der Waals surface area contributed by atoms with Gasteiger partial charge in [0.1, 0.15) is 0 Å². The SMILES string of the molecule is CNC1C(CN2CCCC(C)C2)CCCC1(C)C. The first-order valence-electron chi connectivity index (χ1n) is 7.92. The normalized spacial score (nSPS) is 37.7. The largest absolute Gasteiger partial charge is 0.316 e. The lowest BCUT2D eigenvalue weighted by Gasteiger charge is -2.46. The van der Waals surface area contributed by atoms with Crippen LogP contribution in [-0.4, -0.2) is 37.6 Å². The van der Waals surface area contributed by atoms with E-state index in [-0.39, 0.29) is 0 Å². The number of rotatable bonds is 3. The molecule has 1 aliphatic carbocycles. The zero-order valence-corrected chi connectivity index (χ0v) is 12.8. The Labute approximate surface area is 114 Å². The number of likely N-dealkylation sites (tertiary alicyclic amines) is 1. The smallest absolute Gasteiger partial charge is 0.0156 e. The maximum atomic E-state index is 3.62. The van der Waals surface area contributed by atoms with Crippen LogP contribution in [0.2, 0.25) is 0 Å². The minimum absolute atomic E-state index is 0.471. The van der Waals surface area contributed by atoms with Crippen LogP contribution >= 0.6 is 0 Å². The third-order valence-electron chi connectivity index (χ3n) is 5.25. The fourth-order valence-electron chi connectivity index (χ4n) is 4.39. The summed E-state index contributed by atoms with van der Waals surface area (Å²) < 4.78 is 0. The van der Waals surface area contributed by atoms with Crippen LogP contribution in [0.5, 0.6) is 0 Å². The minimum Gasteiger partial charge on any atom is -0.316 e. The van der Waals surface area contributed by atoms with E-state index in [1.165, 1.54) is 51.7 Å². The molecular formula is C16H32N2. The monoisotopic (exact) mass is 252 g/mol. The molecule has 2 heteroatoms. The highest BCUT2D eigenvalue weighted by atomic mass is 15.1. The molecule has 0 spiro atoms. The van der Waals surface area contributed by atoms with Gasteiger partial charge in [-0.2, -0.15) is 0 Å². The average Bonchev–Trinajstić information content (AvgIpc) is 2.28. The van der Waals surface area contributed by atoms with Crippen molar-refractivity contribution in [2.45, 2.75) is 58.9 Å². The molecule has 1 aliphatic heterocycles. The topological polar surface area (TPSA) is 15.3 Å². The Balaban J connectivity index is 1.94. The van der Waals surface area contributed by atoms with Crippen molar-refractivity contribution in [1.82, 2.24) is 10.2 Å². The summed E-state index contributed by atoms with van der Waals surface area (Å²) in [6.45, 7) is 11.3. The first-order chi connectivity index (χ1) is 8.53. The number of hydrogen-bond donors (Lipinski definition) is 1. The van der Waals surface area contributed by atoms with Crippen LogP contribution in [-0.2, 0) is 0 Å². The maximum absolute atomic E-state index is 3.62. The van der Waals surface area contributed by atoms with Gasteiger partial charge in [-0.05, 0) is 56.5 Å². The third-order valence-corrected chi connectivity index (χ3v) is 5.25. The lowest BCUT2D eigenvalue weighted by molar-refractivity contribution is 0.0694. The highest BCUT2D eigenvalue weighted by Gasteiger charge is 2.38. The summed E-state index contributed by atoms with van der Waals surface area (Å²) in [6, 6.07) is 0.698. The Morgan fingerprint density at radius 1 is 1.22 bits per heavy atom. The zero-order chi connectivity index (χ0) is 13.2. The number of nitrogens with zero attached hydrogens (tertiary/aromatic N) is 1. The van der Waals surface area contributed by atoms with Gasteiger partial charge in [-0.1, -0.05) is 27.2 Å². The van der Waals surface area contributed by atoms with Gasteiger partial charge in [0.25, 0.3) is 0 Å². The summed E-state index contributed by atoms with van der Waals surface area (Å²) >= 11 is 0. The number of hydrogen-bond acceptors (Lipinski definition) is 2. The van der Waals surface area contributed by atoms with Crippen LogP contribution < -0.4 is 5.32 Å². The van der Waals surface area contributed by atoms with Crippen molar-refractivity contribution in [2.24, 2.45) is 17.3 Å². The Bertz CT molecular complexity index is 262. The molecule has 0 bridgehead atoms. The van der Waals surface area contributed by atoms with Crippen molar-refractivity contribution in [3.63, 3.8) is 0 Å². The Morgan fingerprint density at radius 3 is 2.67 bits per heavy atom. The molecule has 0 aromatic rings. The second-order valence-electron chi connectivity index (χ2n) is 7.41. The molecule has 2 nitrogen and oxygen atoms in total. The van der Waals surface area contributed by atoms with E-state index in [0.717, 1.165) is 11.8 Å². The van der Waals surface area contributed by atoms with E-state index >= 15 is 0 Å². The van der Waals surface area contributed by atoms with E-state index in [9.17, 15) is 0 Å². The molecule has 2 rings (SSSR count). The van der Waals surface area contributed by atoms with E-state index < -0.39 is 0 Å². The highest BCUT2D eigenvalue weighted by molar-refractivity contribution is 4.94. The van der Waals surface area contributed by atoms with Crippen molar-refractivity contribution >= 4 is 0 Å². The molecule has 3 atom stereocenters. The number of piperidine rings is 1. The molecule has 0 aromatic carbocycles. The van der Waals surface area contributed by atoms with Gasteiger partial charge >= 0.3 is 0 Å². The summed E-state index contributed by atoms with van der Waals surface area (Å²) in [5.74, 6) is 1.76. The summed E-state index contributed by atoms with van der Waals surface area (Å²) in [4.78, 5) is 2.73. The zero-order valence-electron chi connectivity index (χ0n) is 12.8. The molecular weight excluding hydrogens is 220 g/mol. The fraction of sp³-hybridized carbons (Fsp3) is 1.00. The first kappa shape index (κ1) is 14.3. The van der Waals surface area contributed by atoms with Gasteiger partial charge in [0, 0.05) is 19.1 Å². The van der Waals surface area contributed by atoms with Gasteiger partial charge in [-0.25, -0.2) is 0 Å². The van der Waals surface area contributed by atoms with Crippen molar-refractivity contribution in [3.8, 4) is 0 Å². The highest BCUT2D eigenvalue weighted by Crippen LogP contribution is 2.39. The third kappa shape index (κ3) is 3.27. The van der Waals surface area contributed by atoms with Crippen LogP contribution in [0.15, 0.2) is 0 Å². The lowest BCUT2D eigenvalue weighted by Crippen LogP contribution is -2.52. The molecule has 1 saturated carbocycles. The molecule has 0 amide bonds. The van der Waals surface area contributed by atoms with E-state index in [4.69, 9.17) is 0 Å². The van der Waals surface area contributed by atoms with E-state index in [1.807, 2.05) is 0 Å². The van der Waals surface area contributed by atoms with Crippen LogP contribution in [0, 0.1) is 17.3 Å². The molecule has 1 N–H and O–H groups in total. The van der Waals surface area contributed by atoms with Crippen molar-refractivity contribution in [3.05, 3.63) is 0 Å². The molecule has 18 heavy (non-hydrogen) atoms. The summed E-state index contributed by atoms with van der Waals surface area (Å²) in [5.41, 5.74) is 0.471. The maximum Gasteiger partial charge on any atom is 0.0156 e. The van der Waals surface area contributed by atoms with Crippen molar-refractivity contribution < 1.29 is 0 Å². The second kappa shape index (κ2) is 5.92. The molecule has 106 valence electrons.